The van der Waals surface area contributed by atoms with Crippen LogP contribution in [0, 0.1) is 12.7 Å². The van der Waals surface area contributed by atoms with E-state index in [4.69, 9.17) is 14.5 Å². The molecule has 2 aromatic heterocycles. The number of aromatic nitrogens is 3. The molecule has 1 atom stereocenters. The Morgan fingerprint density at radius 2 is 2.06 bits per heavy atom. The molecule has 2 aromatic carbocycles. The number of aromatic hydroxyl groups is 1. The van der Waals surface area contributed by atoms with Crippen molar-refractivity contribution in [3.63, 3.8) is 0 Å². The summed E-state index contributed by atoms with van der Waals surface area (Å²) in [7, 11) is 1.35. The molecule has 0 aliphatic carbocycles. The maximum atomic E-state index is 15.2. The van der Waals surface area contributed by atoms with Crippen LogP contribution in [0.4, 0.5) is 4.39 Å². The van der Waals surface area contributed by atoms with Crippen molar-refractivity contribution in [2.45, 2.75) is 32.4 Å². The minimum atomic E-state index is -0.422. The lowest BCUT2D eigenvalue weighted by atomic mass is 9.99. The average Bonchev–Trinajstić information content (AvgIpc) is 3.13. The zero-order valence-corrected chi connectivity index (χ0v) is 18.9. The molecule has 0 spiro atoms. The fraction of sp³-hybridized carbons (Fsp3) is 0.269. The monoisotopic (exact) mass is 461 g/mol. The molecule has 8 heteroatoms. The van der Waals surface area contributed by atoms with Crippen molar-refractivity contribution in [2.24, 2.45) is 0 Å². The van der Waals surface area contributed by atoms with Crippen molar-refractivity contribution in [3.05, 3.63) is 76.9 Å². The van der Waals surface area contributed by atoms with Crippen molar-refractivity contribution in [1.82, 2.24) is 14.5 Å². The third kappa shape index (κ3) is 4.12. The van der Waals surface area contributed by atoms with Crippen LogP contribution in [0.1, 0.15) is 33.7 Å². The van der Waals surface area contributed by atoms with Crippen LogP contribution in [0.25, 0.3) is 22.3 Å². The Morgan fingerprint density at radius 3 is 2.76 bits per heavy atom. The number of rotatable bonds is 6. The average molecular weight is 461 g/mol. The van der Waals surface area contributed by atoms with Crippen LogP contribution in [0.15, 0.2) is 48.5 Å². The quantitative estimate of drug-likeness (QED) is 0.428. The van der Waals surface area contributed by atoms with Gasteiger partial charge in [0.1, 0.15) is 11.6 Å². The van der Waals surface area contributed by atoms with Gasteiger partial charge in [-0.15, -0.1) is 0 Å². The Hall–Kier alpha value is -3.78. The molecule has 4 aromatic rings. The first-order valence-corrected chi connectivity index (χ1v) is 11.1. The maximum Gasteiger partial charge on any atom is 0.337 e. The van der Waals surface area contributed by atoms with Gasteiger partial charge in [0.05, 0.1) is 42.0 Å². The van der Waals surface area contributed by atoms with E-state index in [1.807, 2.05) is 11.5 Å². The van der Waals surface area contributed by atoms with Crippen LogP contribution in [0.5, 0.6) is 5.88 Å². The van der Waals surface area contributed by atoms with Gasteiger partial charge in [-0.3, -0.25) is 0 Å². The fourth-order valence-electron chi connectivity index (χ4n) is 4.28. The summed E-state index contributed by atoms with van der Waals surface area (Å²) in [5, 5.41) is 9.70. The predicted molar refractivity (Wildman–Crippen MR) is 124 cm³/mol. The van der Waals surface area contributed by atoms with Crippen molar-refractivity contribution in [2.75, 3.05) is 13.7 Å². The number of ether oxygens (including phenoxy) is 2. The predicted octanol–water partition coefficient (Wildman–Crippen LogP) is 4.42. The highest BCUT2D eigenvalue weighted by atomic mass is 19.1. The van der Waals surface area contributed by atoms with E-state index in [1.54, 1.807) is 36.4 Å². The summed E-state index contributed by atoms with van der Waals surface area (Å²) < 4.78 is 27.7. The summed E-state index contributed by atoms with van der Waals surface area (Å²) in [5.41, 5.74) is 4.41. The zero-order valence-electron chi connectivity index (χ0n) is 18.9. The topological polar surface area (TPSA) is 86.5 Å². The number of esters is 1. The van der Waals surface area contributed by atoms with Crippen LogP contribution >= 0.6 is 0 Å². The molecule has 3 heterocycles. The zero-order chi connectivity index (χ0) is 23.8. The first-order valence-electron chi connectivity index (χ1n) is 11.1. The Labute approximate surface area is 195 Å². The number of methoxy groups -OCH3 is 1. The van der Waals surface area contributed by atoms with Gasteiger partial charge in [0.2, 0.25) is 5.88 Å². The molecule has 34 heavy (non-hydrogen) atoms. The normalized spacial score (nSPS) is 15.3. The molecule has 174 valence electrons. The van der Waals surface area contributed by atoms with Gasteiger partial charge in [-0.05, 0) is 54.8 Å². The third-order valence-electron chi connectivity index (χ3n) is 6.18. The molecular formula is C26H24FN3O4. The number of hydrogen-bond donors (Lipinski definition) is 1. The molecule has 7 nitrogen and oxygen atoms in total. The number of carbonyl (C=O) groups is 1. The maximum absolute atomic E-state index is 15.2. The standard InChI is InChI=1S/C26H24FN3O4/c1-15-10-17(20(27)13-19(15)21-4-3-5-25(31)29-21)12-24-28-22-7-6-16(26(32)33-2)11-23(22)30(24)14-18-8-9-34-18/h3-7,10-11,13,18H,8-9,12,14H2,1-2H3,(H,29,31). The van der Waals surface area contributed by atoms with Crippen LogP contribution in [-0.2, 0) is 22.4 Å². The number of aryl methyl sites for hydroxylation is 1. The molecule has 1 aliphatic rings. The minimum absolute atomic E-state index is 0.0590. The van der Waals surface area contributed by atoms with E-state index in [-0.39, 0.29) is 24.2 Å². The number of nitrogens with zero attached hydrogens (tertiary/aromatic N) is 3. The van der Waals surface area contributed by atoms with E-state index in [2.05, 4.69) is 4.98 Å². The van der Waals surface area contributed by atoms with Crippen molar-refractivity contribution in [3.8, 4) is 17.1 Å². The third-order valence-corrected chi connectivity index (χ3v) is 6.18. The van der Waals surface area contributed by atoms with Crippen LogP contribution < -0.4 is 0 Å². The molecule has 5 rings (SSSR count). The van der Waals surface area contributed by atoms with Crippen molar-refractivity contribution >= 4 is 17.0 Å². The number of fused-ring (bicyclic) bond motifs is 1. The van der Waals surface area contributed by atoms with Gasteiger partial charge in [-0.25, -0.2) is 19.2 Å². The Kier molecular flexibility index (Phi) is 5.75. The summed E-state index contributed by atoms with van der Waals surface area (Å²) in [6.45, 7) is 3.18. The highest BCUT2D eigenvalue weighted by Gasteiger charge is 2.23. The first kappa shape index (κ1) is 22.0. The van der Waals surface area contributed by atoms with E-state index < -0.39 is 5.97 Å². The Bertz CT molecular complexity index is 1390. The Balaban J connectivity index is 1.54. The van der Waals surface area contributed by atoms with Crippen LogP contribution in [0.3, 0.4) is 0 Å². The molecule has 1 unspecified atom stereocenters. The molecule has 0 saturated carbocycles. The Morgan fingerprint density at radius 1 is 1.24 bits per heavy atom. The summed E-state index contributed by atoms with van der Waals surface area (Å²) in [5.74, 6) is -0.220. The minimum Gasteiger partial charge on any atom is -0.493 e. The number of hydrogen-bond acceptors (Lipinski definition) is 6. The SMILES string of the molecule is COC(=O)c1ccc2nc(Cc3cc(C)c(-c4cccc(O)n4)cc3F)n(CC3CCO3)c2c1. The second-order valence-corrected chi connectivity index (χ2v) is 8.43. The van der Waals surface area contributed by atoms with Gasteiger partial charge in [-0.1, -0.05) is 12.1 Å². The molecule has 1 aliphatic heterocycles. The largest absolute Gasteiger partial charge is 0.493 e. The summed E-state index contributed by atoms with van der Waals surface area (Å²) in [6.07, 6.45) is 1.27. The van der Waals surface area contributed by atoms with Crippen molar-refractivity contribution in [1.29, 1.82) is 0 Å². The van der Waals surface area contributed by atoms with E-state index in [0.717, 1.165) is 29.6 Å². The summed E-state index contributed by atoms with van der Waals surface area (Å²) >= 11 is 0. The van der Waals surface area contributed by atoms with Gasteiger partial charge in [0, 0.05) is 24.7 Å². The summed E-state index contributed by atoms with van der Waals surface area (Å²) in [4.78, 5) is 20.9. The molecule has 0 radical (unpaired) electrons. The highest BCUT2D eigenvalue weighted by molar-refractivity contribution is 5.93. The molecule has 1 fully saturated rings. The number of halogens is 1. The second kappa shape index (κ2) is 8.87. The van der Waals surface area contributed by atoms with E-state index in [1.165, 1.54) is 19.2 Å². The van der Waals surface area contributed by atoms with Gasteiger partial charge < -0.3 is 19.1 Å². The summed E-state index contributed by atoms with van der Waals surface area (Å²) in [6, 6.07) is 13.3. The molecule has 1 N–H and O–H groups in total. The molecule has 0 amide bonds. The van der Waals surface area contributed by atoms with E-state index in [9.17, 15) is 9.90 Å². The van der Waals surface area contributed by atoms with Gasteiger partial charge >= 0.3 is 5.97 Å². The number of imidazole rings is 1. The van der Waals surface area contributed by atoms with Crippen molar-refractivity contribution < 1.29 is 23.8 Å². The van der Waals surface area contributed by atoms with Gasteiger partial charge in [-0.2, -0.15) is 0 Å². The molecule has 1 saturated heterocycles. The lowest BCUT2D eigenvalue weighted by molar-refractivity contribution is -0.0589. The first-order chi connectivity index (χ1) is 16.4. The second-order valence-electron chi connectivity index (χ2n) is 8.43. The number of carbonyl (C=O) groups excluding carboxylic acids is 1. The van der Waals surface area contributed by atoms with E-state index in [0.29, 0.717) is 34.8 Å². The number of pyridine rings is 1. The molecular weight excluding hydrogens is 437 g/mol. The highest BCUT2D eigenvalue weighted by Crippen LogP contribution is 2.29. The molecule has 0 bridgehead atoms. The lowest BCUT2D eigenvalue weighted by Crippen LogP contribution is -2.31. The van der Waals surface area contributed by atoms with E-state index >= 15 is 4.39 Å². The van der Waals surface area contributed by atoms with Gasteiger partial charge in [0.25, 0.3) is 0 Å². The van der Waals surface area contributed by atoms with Crippen LogP contribution in [0.2, 0.25) is 0 Å². The lowest BCUT2D eigenvalue weighted by Gasteiger charge is -2.27. The smallest absolute Gasteiger partial charge is 0.337 e. The number of benzene rings is 2. The fourth-order valence-corrected chi connectivity index (χ4v) is 4.28. The van der Waals surface area contributed by atoms with Crippen LogP contribution in [-0.4, -0.2) is 45.4 Å². The van der Waals surface area contributed by atoms with Gasteiger partial charge in [0.15, 0.2) is 0 Å².